The Balaban J connectivity index is 1.52. The third kappa shape index (κ3) is 4.87. The maximum atomic E-state index is 13.2. The molecule has 9 heteroatoms. The molecule has 1 aliphatic heterocycles. The smallest absolute Gasteiger partial charge is 0.264 e. The molecule has 0 bridgehead atoms. The van der Waals surface area contributed by atoms with Crippen molar-refractivity contribution >= 4 is 43.0 Å². The number of nitrogens with one attached hydrogen (secondary N) is 1. The van der Waals surface area contributed by atoms with E-state index in [9.17, 15) is 16.8 Å². The highest BCUT2D eigenvalue weighted by molar-refractivity contribution is 7.93. The minimum Gasteiger partial charge on any atom is -0.283 e. The second-order valence-corrected chi connectivity index (χ2v) is 11.3. The molecule has 0 aromatic heterocycles. The molecule has 1 N–H and O–H groups in total. The highest BCUT2D eigenvalue weighted by atomic mass is 35.5. The normalized spacial score (nSPS) is 14.2. The Morgan fingerprint density at radius 2 is 1.55 bits per heavy atom. The van der Waals surface area contributed by atoms with Crippen molar-refractivity contribution in [3.05, 3.63) is 88.9 Å². The summed E-state index contributed by atoms with van der Waals surface area (Å²) in [6, 6.07) is 19.8. The minimum absolute atomic E-state index is 0.116. The Bertz CT molecular complexity index is 1290. The summed E-state index contributed by atoms with van der Waals surface area (Å²) in [5, 5.41) is 0.530. The van der Waals surface area contributed by atoms with Gasteiger partial charge in [0.2, 0.25) is 10.0 Å². The Morgan fingerprint density at radius 3 is 2.26 bits per heavy atom. The molecule has 0 radical (unpaired) electrons. The summed E-state index contributed by atoms with van der Waals surface area (Å²) in [5.41, 5.74) is 2.59. The average Bonchev–Trinajstić information content (AvgIpc) is 2.75. The third-order valence-corrected chi connectivity index (χ3v) is 8.39. The zero-order valence-electron chi connectivity index (χ0n) is 16.5. The lowest BCUT2D eigenvalue weighted by Crippen LogP contribution is -2.35. The highest BCUT2D eigenvalue weighted by Gasteiger charge is 2.28. The number of sulfonamides is 2. The first-order valence-electron chi connectivity index (χ1n) is 9.70. The Labute approximate surface area is 187 Å². The van der Waals surface area contributed by atoms with Crippen LogP contribution in [-0.4, -0.2) is 23.4 Å². The second kappa shape index (κ2) is 8.53. The molecule has 0 saturated heterocycles. The summed E-state index contributed by atoms with van der Waals surface area (Å²) < 4.78 is 55.2. The molecule has 4 rings (SSSR count). The van der Waals surface area contributed by atoms with Gasteiger partial charge in [-0.15, -0.1) is 0 Å². The number of halogens is 1. The van der Waals surface area contributed by atoms with Gasteiger partial charge < -0.3 is 0 Å². The van der Waals surface area contributed by atoms with Crippen LogP contribution in [0, 0.1) is 0 Å². The summed E-state index contributed by atoms with van der Waals surface area (Å²) in [6.45, 7) is 0.412. The van der Waals surface area contributed by atoms with E-state index in [1.54, 1.807) is 24.3 Å². The molecular weight excluding hydrogens is 456 g/mol. The number of benzene rings is 3. The molecule has 0 spiro atoms. The highest BCUT2D eigenvalue weighted by Crippen LogP contribution is 2.32. The van der Waals surface area contributed by atoms with E-state index < -0.39 is 20.0 Å². The molecule has 0 saturated carbocycles. The summed E-state index contributed by atoms with van der Waals surface area (Å²) in [7, 11) is -7.41. The van der Waals surface area contributed by atoms with Gasteiger partial charge in [-0.3, -0.25) is 9.03 Å². The molecule has 0 atom stereocenters. The lowest BCUT2D eigenvalue weighted by molar-refractivity contribution is 0.586. The molecule has 3 aromatic rings. The lowest BCUT2D eigenvalue weighted by atomic mass is 10.0. The summed E-state index contributed by atoms with van der Waals surface area (Å²) in [5.74, 6) is -0.214. The standard InChI is InChI=1S/C22H21ClN2O4S2/c23-19-9-7-17(8-10-19)16-30(26,27)24-20-11-13-21(14-12-20)31(28,29)25-15-3-5-18-4-1-2-6-22(18)25/h1-2,4,6-14,24H,3,5,15-16H2. The van der Waals surface area contributed by atoms with Crippen LogP contribution in [0.2, 0.25) is 5.02 Å². The first-order valence-corrected chi connectivity index (χ1v) is 13.2. The fraction of sp³-hybridized carbons (Fsp3) is 0.182. The van der Waals surface area contributed by atoms with E-state index in [4.69, 9.17) is 11.6 Å². The number of hydrogen-bond acceptors (Lipinski definition) is 4. The average molecular weight is 477 g/mol. The van der Waals surface area contributed by atoms with Gasteiger partial charge in [0, 0.05) is 17.3 Å². The van der Waals surface area contributed by atoms with Crippen LogP contribution < -0.4 is 9.03 Å². The van der Waals surface area contributed by atoms with Crippen LogP contribution in [0.4, 0.5) is 11.4 Å². The maximum Gasteiger partial charge on any atom is 0.264 e. The van der Waals surface area contributed by atoms with Crippen molar-refractivity contribution in [3.63, 3.8) is 0 Å². The third-order valence-electron chi connectivity index (χ3n) is 5.05. The number of nitrogens with zero attached hydrogens (tertiary/aromatic N) is 1. The topological polar surface area (TPSA) is 83.5 Å². The van der Waals surface area contributed by atoms with Crippen LogP contribution in [0.1, 0.15) is 17.5 Å². The van der Waals surface area contributed by atoms with E-state index in [0.717, 1.165) is 18.4 Å². The molecule has 1 aliphatic rings. The number of anilines is 2. The van der Waals surface area contributed by atoms with Crippen LogP contribution in [0.3, 0.4) is 0 Å². The van der Waals surface area contributed by atoms with Crippen molar-refractivity contribution in [2.45, 2.75) is 23.5 Å². The van der Waals surface area contributed by atoms with E-state index in [1.807, 2.05) is 24.3 Å². The van der Waals surface area contributed by atoms with Crippen molar-refractivity contribution in [1.82, 2.24) is 0 Å². The van der Waals surface area contributed by atoms with Gasteiger partial charge >= 0.3 is 0 Å². The van der Waals surface area contributed by atoms with Gasteiger partial charge in [0.05, 0.1) is 16.3 Å². The van der Waals surface area contributed by atoms with E-state index in [2.05, 4.69) is 4.72 Å². The van der Waals surface area contributed by atoms with E-state index in [0.29, 0.717) is 28.5 Å². The van der Waals surface area contributed by atoms with Gasteiger partial charge in [-0.25, -0.2) is 16.8 Å². The van der Waals surface area contributed by atoms with Crippen LogP contribution in [0.25, 0.3) is 0 Å². The Kier molecular flexibility index (Phi) is 5.96. The number of para-hydroxylation sites is 1. The van der Waals surface area contributed by atoms with Crippen molar-refractivity contribution < 1.29 is 16.8 Å². The van der Waals surface area contributed by atoms with Crippen molar-refractivity contribution in [2.24, 2.45) is 0 Å². The largest absolute Gasteiger partial charge is 0.283 e. The zero-order valence-corrected chi connectivity index (χ0v) is 18.9. The second-order valence-electron chi connectivity index (χ2n) is 7.32. The molecular formula is C22H21ClN2O4S2. The Morgan fingerprint density at radius 1 is 0.871 bits per heavy atom. The van der Waals surface area contributed by atoms with Crippen LogP contribution in [-0.2, 0) is 32.2 Å². The number of hydrogen-bond donors (Lipinski definition) is 1. The van der Waals surface area contributed by atoms with Crippen molar-refractivity contribution in [1.29, 1.82) is 0 Å². The monoisotopic (exact) mass is 476 g/mol. The summed E-state index contributed by atoms with van der Waals surface area (Å²) in [4.78, 5) is 0.116. The minimum atomic E-state index is -3.74. The molecule has 3 aromatic carbocycles. The van der Waals surface area contributed by atoms with E-state index in [-0.39, 0.29) is 10.6 Å². The molecule has 31 heavy (non-hydrogen) atoms. The number of rotatable bonds is 6. The molecule has 0 aliphatic carbocycles. The molecule has 1 heterocycles. The van der Waals surface area contributed by atoms with Crippen molar-refractivity contribution in [2.75, 3.05) is 15.6 Å². The SMILES string of the molecule is O=S(=O)(Cc1ccc(Cl)cc1)Nc1ccc(S(=O)(=O)N2CCCc3ccccc32)cc1. The van der Waals surface area contributed by atoms with Gasteiger partial charge in [-0.1, -0.05) is 41.9 Å². The Hall–Kier alpha value is -2.55. The fourth-order valence-corrected chi connectivity index (χ4v) is 6.45. The van der Waals surface area contributed by atoms with Gasteiger partial charge in [0.25, 0.3) is 10.0 Å². The number of fused-ring (bicyclic) bond motifs is 1. The maximum absolute atomic E-state index is 13.2. The van der Waals surface area contributed by atoms with Crippen LogP contribution >= 0.6 is 11.6 Å². The first kappa shape index (κ1) is 21.7. The van der Waals surface area contributed by atoms with Crippen LogP contribution in [0.5, 0.6) is 0 Å². The van der Waals surface area contributed by atoms with E-state index in [1.165, 1.54) is 28.6 Å². The molecule has 0 amide bonds. The molecule has 0 unspecified atom stereocenters. The fourth-order valence-electron chi connectivity index (χ4n) is 3.59. The van der Waals surface area contributed by atoms with E-state index >= 15 is 0 Å². The van der Waals surface area contributed by atoms with Gasteiger partial charge in [-0.05, 0) is 66.4 Å². The van der Waals surface area contributed by atoms with Gasteiger partial charge in [-0.2, -0.15) is 0 Å². The number of aryl methyl sites for hydroxylation is 1. The van der Waals surface area contributed by atoms with Crippen LogP contribution in [0.15, 0.2) is 77.7 Å². The summed E-state index contributed by atoms with van der Waals surface area (Å²) in [6.07, 6.45) is 1.59. The summed E-state index contributed by atoms with van der Waals surface area (Å²) >= 11 is 5.83. The molecule has 162 valence electrons. The van der Waals surface area contributed by atoms with Crippen molar-refractivity contribution in [3.8, 4) is 0 Å². The lowest BCUT2D eigenvalue weighted by Gasteiger charge is -2.30. The van der Waals surface area contributed by atoms with Gasteiger partial charge in [0.15, 0.2) is 0 Å². The predicted molar refractivity (Wildman–Crippen MR) is 123 cm³/mol. The quantitative estimate of drug-likeness (QED) is 0.570. The first-order chi connectivity index (χ1) is 14.7. The molecule has 6 nitrogen and oxygen atoms in total. The predicted octanol–water partition coefficient (Wildman–Crippen LogP) is 4.42. The molecule has 0 fully saturated rings. The van der Waals surface area contributed by atoms with Gasteiger partial charge in [0.1, 0.15) is 0 Å². The zero-order chi connectivity index (χ0) is 22.1.